The molecule has 0 aliphatic heterocycles. The summed E-state index contributed by atoms with van der Waals surface area (Å²) in [5.41, 5.74) is 9.01. The van der Waals surface area contributed by atoms with Crippen molar-refractivity contribution < 1.29 is 4.42 Å². The lowest BCUT2D eigenvalue weighted by Gasteiger charge is -2.35. The molecule has 21 heavy (non-hydrogen) atoms. The van der Waals surface area contributed by atoms with Crippen LogP contribution in [0.4, 0.5) is 0 Å². The highest BCUT2D eigenvalue weighted by atomic mass is 16.3. The maximum absolute atomic E-state index is 6.36. The molecular weight excluding hydrogens is 260 g/mol. The molecule has 3 nitrogen and oxygen atoms in total. The van der Waals surface area contributed by atoms with Crippen LogP contribution in [0.2, 0.25) is 0 Å². The Kier molecular flexibility index (Phi) is 4.13. The fraction of sp³-hybridized carbons (Fsp3) is 0.444. The van der Waals surface area contributed by atoms with Crippen LogP contribution in [0.1, 0.15) is 42.7 Å². The molecule has 2 aromatic rings. The predicted octanol–water partition coefficient (Wildman–Crippen LogP) is 3.64. The second-order valence-corrected chi connectivity index (χ2v) is 6.14. The van der Waals surface area contributed by atoms with Crippen LogP contribution in [-0.2, 0) is 6.54 Å². The SMILES string of the molecule is Cc1ccccc1C(C(C)N)N(Cc1ccco1)C1CC1. The van der Waals surface area contributed by atoms with Gasteiger partial charge in [0.25, 0.3) is 0 Å². The molecule has 1 heterocycles. The molecule has 1 saturated carbocycles. The molecular formula is C18H24N2O. The van der Waals surface area contributed by atoms with Crippen LogP contribution in [0.15, 0.2) is 47.1 Å². The molecule has 1 aromatic heterocycles. The number of furan rings is 1. The molecule has 2 N–H and O–H groups in total. The average Bonchev–Trinajstić information content (AvgIpc) is 3.17. The molecule has 1 fully saturated rings. The van der Waals surface area contributed by atoms with Gasteiger partial charge in [0.2, 0.25) is 0 Å². The molecule has 1 aliphatic carbocycles. The standard InChI is InChI=1S/C18H24N2O/c1-13-6-3-4-8-17(13)18(14(2)19)20(15-9-10-15)12-16-7-5-11-21-16/h3-8,11,14-15,18H,9-10,12,19H2,1-2H3. The number of aryl methyl sites for hydroxylation is 1. The van der Waals surface area contributed by atoms with Crippen molar-refractivity contribution in [3.63, 3.8) is 0 Å². The molecule has 0 bridgehead atoms. The van der Waals surface area contributed by atoms with Crippen molar-refractivity contribution in [2.24, 2.45) is 5.73 Å². The molecule has 3 rings (SSSR count). The molecule has 1 aromatic carbocycles. The highest BCUT2D eigenvalue weighted by Gasteiger charge is 2.37. The molecule has 0 radical (unpaired) electrons. The summed E-state index contributed by atoms with van der Waals surface area (Å²) in [6, 6.07) is 13.5. The lowest BCUT2D eigenvalue weighted by atomic mass is 9.94. The van der Waals surface area contributed by atoms with Crippen molar-refractivity contribution >= 4 is 0 Å². The van der Waals surface area contributed by atoms with Crippen molar-refractivity contribution in [3.05, 3.63) is 59.5 Å². The number of hydrogen-bond acceptors (Lipinski definition) is 3. The van der Waals surface area contributed by atoms with Gasteiger partial charge in [-0.25, -0.2) is 0 Å². The zero-order chi connectivity index (χ0) is 14.8. The average molecular weight is 284 g/mol. The van der Waals surface area contributed by atoms with E-state index in [-0.39, 0.29) is 12.1 Å². The normalized spacial score (nSPS) is 17.9. The number of benzene rings is 1. The van der Waals surface area contributed by atoms with Gasteiger partial charge in [-0.1, -0.05) is 24.3 Å². The molecule has 112 valence electrons. The smallest absolute Gasteiger partial charge is 0.117 e. The highest BCUT2D eigenvalue weighted by Crippen LogP contribution is 2.38. The van der Waals surface area contributed by atoms with E-state index in [2.05, 4.69) is 43.0 Å². The van der Waals surface area contributed by atoms with Gasteiger partial charge in [-0.15, -0.1) is 0 Å². The summed E-state index contributed by atoms with van der Waals surface area (Å²) in [4.78, 5) is 2.52. The summed E-state index contributed by atoms with van der Waals surface area (Å²) in [5.74, 6) is 1.01. The minimum Gasteiger partial charge on any atom is -0.468 e. The lowest BCUT2D eigenvalue weighted by Crippen LogP contribution is -2.40. The first-order valence-corrected chi connectivity index (χ1v) is 7.76. The predicted molar refractivity (Wildman–Crippen MR) is 84.8 cm³/mol. The quantitative estimate of drug-likeness (QED) is 0.880. The van der Waals surface area contributed by atoms with E-state index < -0.39 is 0 Å². The van der Waals surface area contributed by atoms with Crippen LogP contribution < -0.4 is 5.73 Å². The monoisotopic (exact) mass is 284 g/mol. The molecule has 0 spiro atoms. The van der Waals surface area contributed by atoms with Gasteiger partial charge in [-0.2, -0.15) is 0 Å². The summed E-state index contributed by atoms with van der Waals surface area (Å²) in [5, 5.41) is 0. The summed E-state index contributed by atoms with van der Waals surface area (Å²) in [7, 11) is 0. The zero-order valence-corrected chi connectivity index (χ0v) is 12.8. The van der Waals surface area contributed by atoms with Crippen molar-refractivity contribution in [2.45, 2.75) is 51.4 Å². The molecule has 1 aliphatic rings. The van der Waals surface area contributed by atoms with E-state index in [9.17, 15) is 0 Å². The highest BCUT2D eigenvalue weighted by molar-refractivity contribution is 5.30. The zero-order valence-electron chi connectivity index (χ0n) is 12.8. The Balaban J connectivity index is 1.92. The second-order valence-electron chi connectivity index (χ2n) is 6.14. The first kappa shape index (κ1) is 14.4. The van der Waals surface area contributed by atoms with Crippen LogP contribution in [0.3, 0.4) is 0 Å². The van der Waals surface area contributed by atoms with Crippen molar-refractivity contribution in [1.29, 1.82) is 0 Å². The number of nitrogens with zero attached hydrogens (tertiary/aromatic N) is 1. The van der Waals surface area contributed by atoms with Gasteiger partial charge in [0.15, 0.2) is 0 Å². The first-order valence-electron chi connectivity index (χ1n) is 7.76. The molecule has 0 saturated heterocycles. The maximum atomic E-state index is 6.36. The minimum atomic E-state index is 0.0849. The Bertz CT molecular complexity index is 573. The van der Waals surface area contributed by atoms with Gasteiger partial charge >= 0.3 is 0 Å². The van der Waals surface area contributed by atoms with Crippen molar-refractivity contribution in [3.8, 4) is 0 Å². The lowest BCUT2D eigenvalue weighted by molar-refractivity contribution is 0.145. The van der Waals surface area contributed by atoms with E-state index in [1.165, 1.54) is 24.0 Å². The van der Waals surface area contributed by atoms with E-state index in [4.69, 9.17) is 10.2 Å². The fourth-order valence-electron chi connectivity index (χ4n) is 3.13. The maximum Gasteiger partial charge on any atom is 0.117 e. The van der Waals surface area contributed by atoms with Crippen LogP contribution in [-0.4, -0.2) is 17.0 Å². The third-order valence-electron chi connectivity index (χ3n) is 4.30. The van der Waals surface area contributed by atoms with Crippen LogP contribution in [0, 0.1) is 6.92 Å². The molecule has 2 atom stereocenters. The largest absolute Gasteiger partial charge is 0.468 e. The topological polar surface area (TPSA) is 42.4 Å². The summed E-state index contributed by atoms with van der Waals surface area (Å²) < 4.78 is 5.56. The summed E-state index contributed by atoms with van der Waals surface area (Å²) >= 11 is 0. The Morgan fingerprint density at radius 2 is 2.00 bits per heavy atom. The third-order valence-corrected chi connectivity index (χ3v) is 4.30. The van der Waals surface area contributed by atoms with Gasteiger partial charge in [-0.05, 0) is 49.9 Å². The van der Waals surface area contributed by atoms with E-state index in [1.54, 1.807) is 6.26 Å². The van der Waals surface area contributed by atoms with Crippen LogP contribution in [0.5, 0.6) is 0 Å². The van der Waals surface area contributed by atoms with E-state index >= 15 is 0 Å². The van der Waals surface area contributed by atoms with Crippen molar-refractivity contribution in [2.75, 3.05) is 0 Å². The molecule has 3 heteroatoms. The Morgan fingerprint density at radius 1 is 1.24 bits per heavy atom. The first-order chi connectivity index (χ1) is 10.2. The van der Waals surface area contributed by atoms with Gasteiger partial charge in [0.05, 0.1) is 18.8 Å². The Morgan fingerprint density at radius 3 is 2.57 bits per heavy atom. The number of hydrogen-bond donors (Lipinski definition) is 1. The van der Waals surface area contributed by atoms with Crippen molar-refractivity contribution in [1.82, 2.24) is 4.90 Å². The molecule has 2 unspecified atom stereocenters. The second kappa shape index (κ2) is 6.04. The van der Waals surface area contributed by atoms with Crippen LogP contribution >= 0.6 is 0 Å². The number of rotatable bonds is 6. The van der Waals surface area contributed by atoms with Gasteiger partial charge in [0, 0.05) is 12.1 Å². The summed E-state index contributed by atoms with van der Waals surface area (Å²) in [6.07, 6.45) is 4.26. The van der Waals surface area contributed by atoms with E-state index in [0.717, 1.165) is 12.3 Å². The molecule has 0 amide bonds. The van der Waals surface area contributed by atoms with Gasteiger partial charge < -0.3 is 10.2 Å². The van der Waals surface area contributed by atoms with Gasteiger partial charge in [-0.3, -0.25) is 4.90 Å². The minimum absolute atomic E-state index is 0.0849. The fourth-order valence-corrected chi connectivity index (χ4v) is 3.13. The van der Waals surface area contributed by atoms with E-state index in [1.807, 2.05) is 12.1 Å². The van der Waals surface area contributed by atoms with Gasteiger partial charge in [0.1, 0.15) is 5.76 Å². The third kappa shape index (κ3) is 3.20. The van der Waals surface area contributed by atoms with E-state index in [0.29, 0.717) is 6.04 Å². The Hall–Kier alpha value is -1.58. The Labute approximate surface area is 126 Å². The van der Waals surface area contributed by atoms with Crippen LogP contribution in [0.25, 0.3) is 0 Å². The number of nitrogens with two attached hydrogens (primary N) is 1. The summed E-state index contributed by atoms with van der Waals surface area (Å²) in [6.45, 7) is 5.11.